The number of carbonyl (C=O) groups is 1. The smallest absolute Gasteiger partial charge is 0.433 e. The van der Waals surface area contributed by atoms with Gasteiger partial charge in [-0.2, -0.15) is 13.2 Å². The number of rotatable bonds is 8. The second-order valence-electron chi connectivity index (χ2n) is 6.68. The van der Waals surface area contributed by atoms with E-state index in [4.69, 9.17) is 9.47 Å². The molecule has 1 N–H and O–H groups in total. The Morgan fingerprint density at radius 1 is 1.00 bits per heavy atom. The van der Waals surface area contributed by atoms with Crippen LogP contribution in [0, 0.1) is 5.82 Å². The zero-order valence-corrected chi connectivity index (χ0v) is 18.4. The highest BCUT2D eigenvalue weighted by Gasteiger charge is 2.34. The van der Waals surface area contributed by atoms with Gasteiger partial charge in [0.15, 0.2) is 16.7 Å². The number of nitrogens with zero attached hydrogens (tertiary/aromatic N) is 2. The lowest BCUT2D eigenvalue weighted by molar-refractivity contribution is -0.141. The summed E-state index contributed by atoms with van der Waals surface area (Å²) in [7, 11) is 3.00. The van der Waals surface area contributed by atoms with Crippen molar-refractivity contribution in [2.24, 2.45) is 0 Å². The summed E-state index contributed by atoms with van der Waals surface area (Å²) in [5, 5.41) is 2.46. The highest BCUT2D eigenvalue weighted by Crippen LogP contribution is 2.32. The lowest BCUT2D eigenvalue weighted by Crippen LogP contribution is -2.24. The first-order chi connectivity index (χ1) is 15.7. The van der Waals surface area contributed by atoms with Gasteiger partial charge >= 0.3 is 6.18 Å². The fraction of sp³-hybridized carbons (Fsp3) is 0.227. The summed E-state index contributed by atoms with van der Waals surface area (Å²) in [6.45, 7) is 0.185. The van der Waals surface area contributed by atoms with Crippen LogP contribution in [0.3, 0.4) is 0 Å². The van der Waals surface area contributed by atoms with Gasteiger partial charge in [-0.05, 0) is 48.0 Å². The standard InChI is InChI=1S/C22H19F4N3O3S/c1-31-17-8-3-13(9-18(17)32-2)11-27-20(30)12-33-21-28-16(10-19(29-21)22(24,25)26)14-4-6-15(23)7-5-14/h3-10H,11-12H2,1-2H3,(H,27,30). The number of amides is 1. The van der Waals surface area contributed by atoms with Crippen LogP contribution in [-0.2, 0) is 17.5 Å². The molecule has 33 heavy (non-hydrogen) atoms. The normalized spacial score (nSPS) is 11.2. The molecule has 0 radical (unpaired) electrons. The first kappa shape index (κ1) is 24.3. The van der Waals surface area contributed by atoms with Crippen LogP contribution >= 0.6 is 11.8 Å². The number of aromatic nitrogens is 2. The number of hydrogen-bond acceptors (Lipinski definition) is 6. The maximum Gasteiger partial charge on any atom is 0.433 e. The number of benzene rings is 2. The van der Waals surface area contributed by atoms with Gasteiger partial charge < -0.3 is 14.8 Å². The van der Waals surface area contributed by atoms with Gasteiger partial charge in [0.2, 0.25) is 5.91 Å². The fourth-order valence-corrected chi connectivity index (χ4v) is 3.46. The molecule has 0 spiro atoms. The molecule has 0 bridgehead atoms. The van der Waals surface area contributed by atoms with Crippen molar-refractivity contribution in [1.82, 2.24) is 15.3 Å². The lowest BCUT2D eigenvalue weighted by Gasteiger charge is -2.11. The summed E-state index contributed by atoms with van der Waals surface area (Å²) < 4.78 is 63.4. The van der Waals surface area contributed by atoms with E-state index < -0.39 is 23.6 Å². The van der Waals surface area contributed by atoms with Crippen molar-refractivity contribution in [3.8, 4) is 22.8 Å². The van der Waals surface area contributed by atoms with E-state index in [0.29, 0.717) is 17.1 Å². The molecule has 11 heteroatoms. The number of halogens is 4. The summed E-state index contributed by atoms with van der Waals surface area (Å²) in [6, 6.07) is 10.8. The third-order valence-electron chi connectivity index (χ3n) is 4.41. The van der Waals surface area contributed by atoms with Crippen molar-refractivity contribution in [1.29, 1.82) is 0 Å². The summed E-state index contributed by atoms with van der Waals surface area (Å²) in [6.07, 6.45) is -4.71. The number of carbonyl (C=O) groups excluding carboxylic acids is 1. The van der Waals surface area contributed by atoms with Gasteiger partial charge in [-0.3, -0.25) is 4.79 Å². The first-order valence-corrected chi connectivity index (χ1v) is 10.5. The molecular weight excluding hydrogens is 462 g/mol. The number of ether oxygens (including phenoxy) is 2. The summed E-state index contributed by atoms with van der Waals surface area (Å²) in [4.78, 5) is 19.9. The summed E-state index contributed by atoms with van der Waals surface area (Å²) >= 11 is 0.767. The molecule has 1 heterocycles. The van der Waals surface area contributed by atoms with E-state index in [1.165, 1.54) is 26.4 Å². The average Bonchev–Trinajstić information content (AvgIpc) is 2.80. The van der Waals surface area contributed by atoms with Crippen LogP contribution in [0.25, 0.3) is 11.3 Å². The third-order valence-corrected chi connectivity index (χ3v) is 5.25. The zero-order valence-electron chi connectivity index (χ0n) is 17.6. The first-order valence-electron chi connectivity index (χ1n) is 9.52. The topological polar surface area (TPSA) is 73.3 Å². The van der Waals surface area contributed by atoms with Gasteiger partial charge in [0, 0.05) is 12.1 Å². The molecule has 174 valence electrons. The van der Waals surface area contributed by atoms with Crippen LogP contribution in [0.5, 0.6) is 11.5 Å². The van der Waals surface area contributed by atoms with E-state index >= 15 is 0 Å². The van der Waals surface area contributed by atoms with E-state index in [-0.39, 0.29) is 23.1 Å². The van der Waals surface area contributed by atoms with Gasteiger partial charge in [0.1, 0.15) is 11.5 Å². The van der Waals surface area contributed by atoms with Crippen LogP contribution in [-0.4, -0.2) is 35.8 Å². The molecular formula is C22H19F4N3O3S. The van der Waals surface area contributed by atoms with E-state index in [1.807, 2.05) is 0 Å². The Kier molecular flexibility index (Phi) is 7.75. The Balaban J connectivity index is 1.69. The van der Waals surface area contributed by atoms with Gasteiger partial charge in [-0.1, -0.05) is 17.8 Å². The van der Waals surface area contributed by atoms with Gasteiger partial charge in [-0.15, -0.1) is 0 Å². The maximum absolute atomic E-state index is 13.3. The molecule has 3 rings (SSSR count). The molecule has 3 aromatic rings. The molecule has 1 amide bonds. The molecule has 1 aromatic heterocycles. The van der Waals surface area contributed by atoms with Crippen LogP contribution in [0.1, 0.15) is 11.3 Å². The second-order valence-corrected chi connectivity index (χ2v) is 7.62. The van der Waals surface area contributed by atoms with Gasteiger partial charge in [-0.25, -0.2) is 14.4 Å². The van der Waals surface area contributed by atoms with Crippen LogP contribution in [0.15, 0.2) is 53.7 Å². The predicted molar refractivity (Wildman–Crippen MR) is 115 cm³/mol. The average molecular weight is 481 g/mol. The van der Waals surface area contributed by atoms with E-state index in [9.17, 15) is 22.4 Å². The van der Waals surface area contributed by atoms with Crippen LogP contribution in [0.2, 0.25) is 0 Å². The van der Waals surface area contributed by atoms with Crippen molar-refractivity contribution in [3.63, 3.8) is 0 Å². The fourth-order valence-electron chi connectivity index (χ4n) is 2.78. The van der Waals surface area contributed by atoms with Gasteiger partial charge in [0.05, 0.1) is 25.7 Å². The maximum atomic E-state index is 13.3. The van der Waals surface area contributed by atoms with Crippen molar-refractivity contribution in [3.05, 3.63) is 65.6 Å². The Hall–Kier alpha value is -3.34. The minimum absolute atomic E-state index is 0.0226. The van der Waals surface area contributed by atoms with Crippen molar-refractivity contribution in [2.45, 2.75) is 17.9 Å². The quantitative estimate of drug-likeness (QED) is 0.285. The lowest BCUT2D eigenvalue weighted by atomic mass is 10.1. The Labute approximate surface area is 191 Å². The Morgan fingerprint density at radius 3 is 2.33 bits per heavy atom. The number of nitrogens with one attached hydrogen (secondary N) is 1. The SMILES string of the molecule is COc1ccc(CNC(=O)CSc2nc(-c3ccc(F)cc3)cc(C(F)(F)F)n2)cc1OC. The molecule has 0 aliphatic heterocycles. The molecule has 0 unspecified atom stereocenters. The molecule has 0 fully saturated rings. The van der Waals surface area contributed by atoms with E-state index in [2.05, 4.69) is 15.3 Å². The van der Waals surface area contributed by atoms with Crippen molar-refractivity contribution < 1.29 is 31.8 Å². The number of alkyl halides is 3. The monoisotopic (exact) mass is 481 g/mol. The summed E-state index contributed by atoms with van der Waals surface area (Å²) in [5.74, 6) is -0.0906. The highest BCUT2D eigenvalue weighted by molar-refractivity contribution is 7.99. The Morgan fingerprint density at radius 2 is 1.70 bits per heavy atom. The van der Waals surface area contributed by atoms with Gasteiger partial charge in [0.25, 0.3) is 0 Å². The van der Waals surface area contributed by atoms with Crippen LogP contribution in [0.4, 0.5) is 17.6 Å². The highest BCUT2D eigenvalue weighted by atomic mass is 32.2. The second kappa shape index (κ2) is 10.5. The van der Waals surface area contributed by atoms with Crippen molar-refractivity contribution >= 4 is 17.7 Å². The molecule has 0 atom stereocenters. The third kappa shape index (κ3) is 6.58. The predicted octanol–water partition coefficient (Wildman–Crippen LogP) is 4.73. The van der Waals surface area contributed by atoms with Crippen molar-refractivity contribution in [2.75, 3.05) is 20.0 Å². The zero-order chi connectivity index (χ0) is 24.0. The number of methoxy groups -OCH3 is 2. The van der Waals surface area contributed by atoms with E-state index in [1.54, 1.807) is 18.2 Å². The molecule has 0 saturated carbocycles. The minimum atomic E-state index is -4.71. The Bertz CT molecular complexity index is 1120. The molecule has 0 saturated heterocycles. The molecule has 6 nitrogen and oxygen atoms in total. The summed E-state index contributed by atoms with van der Waals surface area (Å²) in [5.41, 5.74) is -0.125. The molecule has 0 aliphatic carbocycles. The molecule has 0 aliphatic rings. The molecule has 2 aromatic carbocycles. The minimum Gasteiger partial charge on any atom is -0.493 e. The number of hydrogen-bond donors (Lipinski definition) is 1. The largest absolute Gasteiger partial charge is 0.493 e. The van der Waals surface area contributed by atoms with Crippen LogP contribution < -0.4 is 14.8 Å². The number of thioether (sulfide) groups is 1. The van der Waals surface area contributed by atoms with E-state index in [0.717, 1.165) is 35.5 Å².